The number of benzene rings is 1. The standard InChI is InChI=1S/C22H32N2O2/c1-15(2)11-19-14-24(20(12-16(3)4)22(26)23-19)21(25)13-17(5)18-9-7-6-8-10-18/h6-10,13,15-16,19-20H,11-12,14H2,1-5H3,(H,23,26)/b17-13+/t19-,20-/m0/s1. The van der Waals surface area contributed by atoms with E-state index in [2.05, 4.69) is 33.0 Å². The van der Waals surface area contributed by atoms with E-state index in [0.717, 1.165) is 17.6 Å². The maximum Gasteiger partial charge on any atom is 0.247 e. The number of amides is 2. The Morgan fingerprint density at radius 2 is 1.77 bits per heavy atom. The summed E-state index contributed by atoms with van der Waals surface area (Å²) in [5.41, 5.74) is 1.95. The number of hydrogen-bond acceptors (Lipinski definition) is 2. The number of nitrogens with one attached hydrogen (secondary N) is 1. The third-order valence-electron chi connectivity index (χ3n) is 4.75. The molecule has 0 unspecified atom stereocenters. The summed E-state index contributed by atoms with van der Waals surface area (Å²) in [4.78, 5) is 27.5. The first kappa shape index (κ1) is 20.2. The normalized spacial score (nSPS) is 21.3. The maximum atomic E-state index is 13.0. The van der Waals surface area contributed by atoms with Gasteiger partial charge < -0.3 is 10.2 Å². The van der Waals surface area contributed by atoms with Gasteiger partial charge in [-0.05, 0) is 42.7 Å². The molecule has 1 aromatic rings. The van der Waals surface area contributed by atoms with Gasteiger partial charge in [-0.15, -0.1) is 0 Å². The van der Waals surface area contributed by atoms with Crippen molar-refractivity contribution in [1.82, 2.24) is 10.2 Å². The molecule has 1 heterocycles. The van der Waals surface area contributed by atoms with Crippen molar-refractivity contribution in [1.29, 1.82) is 0 Å². The van der Waals surface area contributed by atoms with Crippen molar-refractivity contribution in [2.75, 3.05) is 6.54 Å². The van der Waals surface area contributed by atoms with Gasteiger partial charge in [-0.1, -0.05) is 58.0 Å². The van der Waals surface area contributed by atoms with Gasteiger partial charge in [-0.2, -0.15) is 0 Å². The van der Waals surface area contributed by atoms with Crippen molar-refractivity contribution >= 4 is 17.4 Å². The molecule has 4 nitrogen and oxygen atoms in total. The van der Waals surface area contributed by atoms with Crippen LogP contribution in [0.2, 0.25) is 0 Å². The van der Waals surface area contributed by atoms with Crippen LogP contribution < -0.4 is 5.32 Å². The predicted octanol–water partition coefficient (Wildman–Crippen LogP) is 3.88. The first-order valence-corrected chi connectivity index (χ1v) is 9.62. The monoisotopic (exact) mass is 356 g/mol. The van der Waals surface area contributed by atoms with Gasteiger partial charge in [0.05, 0.1) is 0 Å². The van der Waals surface area contributed by atoms with Crippen LogP contribution >= 0.6 is 0 Å². The molecule has 2 rings (SSSR count). The molecular weight excluding hydrogens is 324 g/mol. The molecule has 2 atom stereocenters. The fraction of sp³-hybridized carbons (Fsp3) is 0.545. The zero-order valence-electron chi connectivity index (χ0n) is 16.7. The molecule has 0 aliphatic carbocycles. The Hall–Kier alpha value is -2.10. The highest BCUT2D eigenvalue weighted by Gasteiger charge is 2.37. The Labute approximate surface area is 157 Å². The molecule has 2 amide bonds. The molecule has 0 saturated carbocycles. The van der Waals surface area contributed by atoms with Gasteiger partial charge in [0, 0.05) is 18.7 Å². The van der Waals surface area contributed by atoms with Crippen molar-refractivity contribution in [3.63, 3.8) is 0 Å². The van der Waals surface area contributed by atoms with Crippen LogP contribution in [-0.2, 0) is 9.59 Å². The second-order valence-electron chi connectivity index (χ2n) is 8.16. The Morgan fingerprint density at radius 3 is 2.35 bits per heavy atom. The third kappa shape index (κ3) is 5.45. The summed E-state index contributed by atoms with van der Waals surface area (Å²) in [6.45, 7) is 11.0. The van der Waals surface area contributed by atoms with E-state index in [9.17, 15) is 9.59 Å². The SMILES string of the molecule is C/C(=C\C(=O)N1C[C@H](CC(C)C)NC(=O)[C@@H]1CC(C)C)c1ccccc1. The lowest BCUT2D eigenvalue weighted by Gasteiger charge is -2.40. The van der Waals surface area contributed by atoms with Crippen molar-refractivity contribution in [2.24, 2.45) is 11.8 Å². The van der Waals surface area contributed by atoms with Gasteiger partial charge in [0.1, 0.15) is 6.04 Å². The Balaban J connectivity index is 2.23. The zero-order valence-corrected chi connectivity index (χ0v) is 16.7. The van der Waals surface area contributed by atoms with Gasteiger partial charge in [0.25, 0.3) is 0 Å². The summed E-state index contributed by atoms with van der Waals surface area (Å²) in [6, 6.07) is 9.52. The Bertz CT molecular complexity index is 649. The van der Waals surface area contributed by atoms with Gasteiger partial charge >= 0.3 is 0 Å². The van der Waals surface area contributed by atoms with Crippen molar-refractivity contribution in [3.05, 3.63) is 42.0 Å². The first-order chi connectivity index (χ1) is 12.3. The molecule has 1 aromatic carbocycles. The molecule has 1 fully saturated rings. The molecule has 1 saturated heterocycles. The summed E-state index contributed by atoms with van der Waals surface area (Å²) >= 11 is 0. The van der Waals surface area contributed by atoms with E-state index in [0.29, 0.717) is 24.8 Å². The lowest BCUT2D eigenvalue weighted by Crippen LogP contribution is -2.61. The smallest absolute Gasteiger partial charge is 0.247 e. The molecule has 1 aliphatic rings. The second-order valence-corrected chi connectivity index (χ2v) is 8.16. The largest absolute Gasteiger partial charge is 0.350 e. The number of nitrogens with zero attached hydrogens (tertiary/aromatic N) is 1. The van der Waals surface area contributed by atoms with E-state index in [4.69, 9.17) is 0 Å². The lowest BCUT2D eigenvalue weighted by atomic mass is 9.94. The Kier molecular flexibility index (Phi) is 7.01. The van der Waals surface area contributed by atoms with Crippen LogP contribution in [0.5, 0.6) is 0 Å². The average molecular weight is 357 g/mol. The number of carbonyl (C=O) groups is 2. The first-order valence-electron chi connectivity index (χ1n) is 9.62. The van der Waals surface area contributed by atoms with Crippen LogP contribution in [0.25, 0.3) is 5.57 Å². The molecule has 0 radical (unpaired) electrons. The number of carbonyl (C=O) groups excluding carboxylic acids is 2. The highest BCUT2D eigenvalue weighted by Crippen LogP contribution is 2.21. The average Bonchev–Trinajstić information content (AvgIpc) is 2.56. The fourth-order valence-corrected chi connectivity index (χ4v) is 3.53. The van der Waals surface area contributed by atoms with E-state index in [1.54, 1.807) is 11.0 Å². The van der Waals surface area contributed by atoms with Crippen LogP contribution in [0.4, 0.5) is 0 Å². The molecule has 26 heavy (non-hydrogen) atoms. The van der Waals surface area contributed by atoms with Crippen molar-refractivity contribution < 1.29 is 9.59 Å². The minimum atomic E-state index is -0.384. The number of allylic oxidation sites excluding steroid dienone is 1. The molecule has 0 aromatic heterocycles. The highest BCUT2D eigenvalue weighted by atomic mass is 16.2. The van der Waals surface area contributed by atoms with Crippen LogP contribution in [0.1, 0.15) is 53.0 Å². The zero-order chi connectivity index (χ0) is 19.3. The van der Waals surface area contributed by atoms with E-state index >= 15 is 0 Å². The van der Waals surface area contributed by atoms with Gasteiger partial charge in [0.2, 0.25) is 11.8 Å². The summed E-state index contributed by atoms with van der Waals surface area (Å²) in [5, 5.41) is 3.12. The topological polar surface area (TPSA) is 49.4 Å². The highest BCUT2D eigenvalue weighted by molar-refractivity contribution is 5.98. The molecule has 0 bridgehead atoms. The van der Waals surface area contributed by atoms with E-state index in [-0.39, 0.29) is 23.9 Å². The molecule has 0 spiro atoms. The van der Waals surface area contributed by atoms with Crippen molar-refractivity contribution in [3.8, 4) is 0 Å². The fourth-order valence-electron chi connectivity index (χ4n) is 3.53. The van der Waals surface area contributed by atoms with Crippen molar-refractivity contribution in [2.45, 2.75) is 59.5 Å². The summed E-state index contributed by atoms with van der Waals surface area (Å²) < 4.78 is 0. The van der Waals surface area contributed by atoms with Crippen LogP contribution in [-0.4, -0.2) is 35.3 Å². The van der Waals surface area contributed by atoms with E-state index in [1.165, 1.54) is 0 Å². The number of hydrogen-bond donors (Lipinski definition) is 1. The third-order valence-corrected chi connectivity index (χ3v) is 4.75. The summed E-state index contributed by atoms with van der Waals surface area (Å²) in [7, 11) is 0. The second kappa shape index (κ2) is 9.02. The predicted molar refractivity (Wildman–Crippen MR) is 106 cm³/mol. The number of rotatable bonds is 6. The van der Waals surface area contributed by atoms with E-state index < -0.39 is 0 Å². The van der Waals surface area contributed by atoms with Gasteiger partial charge in [0.15, 0.2) is 0 Å². The molecule has 1 N–H and O–H groups in total. The lowest BCUT2D eigenvalue weighted by molar-refractivity contribution is -0.142. The number of piperazine rings is 1. The molecule has 4 heteroatoms. The molecule has 142 valence electrons. The molecular formula is C22H32N2O2. The summed E-state index contributed by atoms with van der Waals surface area (Å²) in [5.74, 6) is 0.734. The maximum absolute atomic E-state index is 13.0. The minimum absolute atomic E-state index is 0.0188. The quantitative estimate of drug-likeness (QED) is 0.787. The van der Waals surface area contributed by atoms with E-state index in [1.807, 2.05) is 37.3 Å². The molecule has 1 aliphatic heterocycles. The summed E-state index contributed by atoms with van der Waals surface area (Å²) in [6.07, 6.45) is 3.24. The minimum Gasteiger partial charge on any atom is -0.350 e. The van der Waals surface area contributed by atoms with Gasteiger partial charge in [-0.25, -0.2) is 0 Å². The van der Waals surface area contributed by atoms with Crippen LogP contribution in [0, 0.1) is 11.8 Å². The van der Waals surface area contributed by atoms with Crippen LogP contribution in [0.15, 0.2) is 36.4 Å². The Morgan fingerprint density at radius 1 is 1.15 bits per heavy atom. The van der Waals surface area contributed by atoms with Gasteiger partial charge in [-0.3, -0.25) is 9.59 Å². The van der Waals surface area contributed by atoms with Crippen LogP contribution in [0.3, 0.4) is 0 Å².